The molecule has 0 spiro atoms. The number of hydrogen-bond acceptors (Lipinski definition) is 4. The van der Waals surface area contributed by atoms with E-state index in [0.717, 1.165) is 25.8 Å². The largest absolute Gasteiger partial charge is 0.444 e. The lowest BCUT2D eigenvalue weighted by molar-refractivity contribution is 0.0529. The molecule has 1 amide bonds. The Morgan fingerprint density at radius 1 is 1.21 bits per heavy atom. The van der Waals surface area contributed by atoms with E-state index in [1.54, 1.807) is 0 Å². The minimum Gasteiger partial charge on any atom is -0.444 e. The van der Waals surface area contributed by atoms with Crippen LogP contribution in [0.25, 0.3) is 0 Å². The molecule has 0 aromatic carbocycles. The van der Waals surface area contributed by atoms with Crippen molar-refractivity contribution in [3.8, 4) is 0 Å². The minimum absolute atomic E-state index is 0. The maximum Gasteiger partial charge on any atom is 0.407 e. The number of carbonyl (C=O) groups is 1. The highest BCUT2D eigenvalue weighted by Gasteiger charge is 2.24. The number of nitrogens with zero attached hydrogens (tertiary/aromatic N) is 1. The zero-order chi connectivity index (χ0) is 17.3. The molecule has 0 radical (unpaired) electrons. The molecular formula is C16H33IN4O3. The molecule has 0 heterocycles. The predicted molar refractivity (Wildman–Crippen MR) is 107 cm³/mol. The van der Waals surface area contributed by atoms with E-state index in [2.05, 4.69) is 20.9 Å². The first-order valence-electron chi connectivity index (χ1n) is 8.49. The maximum atomic E-state index is 11.5. The maximum absolute atomic E-state index is 11.5. The third-order valence-electron chi connectivity index (χ3n) is 3.53. The van der Waals surface area contributed by atoms with Crippen LogP contribution < -0.4 is 16.0 Å². The van der Waals surface area contributed by atoms with Crippen molar-refractivity contribution in [3.63, 3.8) is 0 Å². The molecule has 1 fully saturated rings. The van der Waals surface area contributed by atoms with Crippen LogP contribution in [0, 0.1) is 5.92 Å². The highest BCUT2D eigenvalue weighted by molar-refractivity contribution is 14.0. The molecule has 142 valence electrons. The summed E-state index contributed by atoms with van der Waals surface area (Å²) < 4.78 is 5.17. The van der Waals surface area contributed by atoms with Crippen molar-refractivity contribution in [1.29, 1.82) is 0 Å². The summed E-state index contributed by atoms with van der Waals surface area (Å²) in [4.78, 5) is 16.0. The number of hydrogen-bond donors (Lipinski definition) is 4. The van der Waals surface area contributed by atoms with Crippen molar-refractivity contribution < 1.29 is 14.6 Å². The fourth-order valence-electron chi connectivity index (χ4n) is 2.44. The van der Waals surface area contributed by atoms with Gasteiger partial charge in [-0.05, 0) is 40.5 Å². The summed E-state index contributed by atoms with van der Waals surface area (Å²) in [6.45, 7) is 9.88. The van der Waals surface area contributed by atoms with Crippen LogP contribution in [0.15, 0.2) is 4.99 Å². The second-order valence-corrected chi connectivity index (χ2v) is 6.83. The molecule has 1 saturated carbocycles. The molecule has 1 aliphatic rings. The van der Waals surface area contributed by atoms with Gasteiger partial charge in [0, 0.05) is 32.1 Å². The number of nitrogens with one attached hydrogen (secondary N) is 3. The van der Waals surface area contributed by atoms with Crippen LogP contribution in [0.4, 0.5) is 4.79 Å². The van der Waals surface area contributed by atoms with E-state index in [1.165, 1.54) is 0 Å². The van der Waals surface area contributed by atoms with Crippen LogP contribution in [0.1, 0.15) is 47.0 Å². The number of carbonyl (C=O) groups excluding carboxylic acids is 1. The van der Waals surface area contributed by atoms with Crippen LogP contribution in [0.2, 0.25) is 0 Å². The van der Waals surface area contributed by atoms with Gasteiger partial charge in [-0.3, -0.25) is 4.99 Å². The van der Waals surface area contributed by atoms with E-state index in [-0.39, 0.29) is 36.0 Å². The summed E-state index contributed by atoms with van der Waals surface area (Å²) in [6.07, 6.45) is 2.34. The first kappa shape index (κ1) is 23.2. The Morgan fingerprint density at radius 3 is 2.42 bits per heavy atom. The van der Waals surface area contributed by atoms with E-state index in [4.69, 9.17) is 4.74 Å². The van der Waals surface area contributed by atoms with Crippen molar-refractivity contribution in [2.24, 2.45) is 10.9 Å². The highest BCUT2D eigenvalue weighted by atomic mass is 127. The van der Waals surface area contributed by atoms with Gasteiger partial charge in [-0.15, -0.1) is 24.0 Å². The van der Waals surface area contributed by atoms with Gasteiger partial charge in [0.1, 0.15) is 5.60 Å². The van der Waals surface area contributed by atoms with Gasteiger partial charge in [0.05, 0.1) is 6.10 Å². The number of aliphatic hydroxyl groups is 1. The summed E-state index contributed by atoms with van der Waals surface area (Å²) >= 11 is 0. The zero-order valence-corrected chi connectivity index (χ0v) is 17.6. The predicted octanol–water partition coefficient (Wildman–Crippen LogP) is 1.85. The Kier molecular flexibility index (Phi) is 11.4. The normalized spacial score (nSPS) is 21.0. The van der Waals surface area contributed by atoms with Crippen molar-refractivity contribution in [3.05, 3.63) is 0 Å². The molecule has 4 N–H and O–H groups in total. The minimum atomic E-state index is -0.490. The zero-order valence-electron chi connectivity index (χ0n) is 15.2. The molecule has 7 nitrogen and oxygen atoms in total. The van der Waals surface area contributed by atoms with Crippen molar-refractivity contribution in [2.45, 2.75) is 58.7 Å². The highest BCUT2D eigenvalue weighted by Crippen LogP contribution is 2.25. The van der Waals surface area contributed by atoms with Gasteiger partial charge in [0.2, 0.25) is 0 Å². The van der Waals surface area contributed by atoms with E-state index in [1.807, 2.05) is 27.7 Å². The Labute approximate surface area is 162 Å². The first-order chi connectivity index (χ1) is 10.8. The monoisotopic (exact) mass is 456 g/mol. The van der Waals surface area contributed by atoms with Gasteiger partial charge in [-0.1, -0.05) is 6.42 Å². The van der Waals surface area contributed by atoms with E-state index >= 15 is 0 Å². The number of rotatable bonds is 6. The molecular weight excluding hydrogens is 423 g/mol. The van der Waals surface area contributed by atoms with E-state index in [0.29, 0.717) is 25.6 Å². The van der Waals surface area contributed by atoms with Gasteiger partial charge in [-0.2, -0.15) is 0 Å². The summed E-state index contributed by atoms with van der Waals surface area (Å²) in [7, 11) is 0. The average molecular weight is 456 g/mol. The van der Waals surface area contributed by atoms with E-state index in [9.17, 15) is 9.90 Å². The summed E-state index contributed by atoms with van der Waals surface area (Å²) in [5.41, 5.74) is -0.490. The standard InChI is InChI=1S/C16H32N4O3.HI/c1-5-17-14(20-11-12-7-6-8-13(12)21)18-9-10-19-15(22)23-16(2,3)4;/h12-13,21H,5-11H2,1-4H3,(H,19,22)(H2,17,18,20);1H. The fourth-order valence-corrected chi connectivity index (χ4v) is 2.44. The molecule has 24 heavy (non-hydrogen) atoms. The van der Waals surface area contributed by atoms with Gasteiger partial charge >= 0.3 is 6.09 Å². The Bertz CT molecular complexity index is 399. The second kappa shape index (κ2) is 11.7. The van der Waals surface area contributed by atoms with E-state index < -0.39 is 11.7 Å². The first-order valence-corrected chi connectivity index (χ1v) is 8.49. The molecule has 0 aromatic rings. The number of alkyl carbamates (subject to hydrolysis) is 1. The second-order valence-electron chi connectivity index (χ2n) is 6.83. The number of ether oxygens (including phenoxy) is 1. The summed E-state index contributed by atoms with van der Waals surface area (Å²) in [5, 5.41) is 18.8. The molecule has 2 atom stereocenters. The van der Waals surface area contributed by atoms with Crippen LogP contribution >= 0.6 is 24.0 Å². The third kappa shape index (κ3) is 10.2. The average Bonchev–Trinajstić information content (AvgIpc) is 2.84. The fraction of sp³-hybridized carbons (Fsp3) is 0.875. The number of halogens is 1. The molecule has 0 aliphatic heterocycles. The summed E-state index contributed by atoms with van der Waals surface area (Å²) in [5.74, 6) is 0.961. The van der Waals surface area contributed by atoms with Gasteiger partial charge < -0.3 is 25.8 Å². The van der Waals surface area contributed by atoms with Crippen LogP contribution in [-0.2, 0) is 4.74 Å². The number of aliphatic hydroxyl groups excluding tert-OH is 1. The quantitative estimate of drug-likeness (QED) is 0.212. The molecule has 8 heteroatoms. The molecule has 1 rings (SSSR count). The number of amides is 1. The van der Waals surface area contributed by atoms with Gasteiger partial charge in [0.15, 0.2) is 5.96 Å². The molecule has 1 aliphatic carbocycles. The molecule has 2 unspecified atom stereocenters. The van der Waals surface area contributed by atoms with Crippen molar-refractivity contribution in [2.75, 3.05) is 26.2 Å². The topological polar surface area (TPSA) is 95.0 Å². The van der Waals surface area contributed by atoms with Crippen LogP contribution in [-0.4, -0.2) is 55.0 Å². The molecule has 0 saturated heterocycles. The Balaban J connectivity index is 0.00000529. The summed E-state index contributed by atoms with van der Waals surface area (Å²) in [6, 6.07) is 0. The number of aliphatic imine (C=N–C) groups is 1. The lowest BCUT2D eigenvalue weighted by Gasteiger charge is -2.20. The Morgan fingerprint density at radius 2 is 1.88 bits per heavy atom. The van der Waals surface area contributed by atoms with Gasteiger partial charge in [0.25, 0.3) is 0 Å². The lowest BCUT2D eigenvalue weighted by atomic mass is 10.1. The molecule has 0 bridgehead atoms. The van der Waals surface area contributed by atoms with Crippen molar-refractivity contribution in [1.82, 2.24) is 16.0 Å². The third-order valence-corrected chi connectivity index (χ3v) is 3.53. The van der Waals surface area contributed by atoms with Gasteiger partial charge in [-0.25, -0.2) is 4.79 Å². The van der Waals surface area contributed by atoms with Crippen LogP contribution in [0.5, 0.6) is 0 Å². The molecule has 0 aromatic heterocycles. The Hall–Kier alpha value is -0.770. The number of guanidine groups is 1. The van der Waals surface area contributed by atoms with Crippen molar-refractivity contribution >= 4 is 36.0 Å². The SMILES string of the molecule is CCNC(=NCC1CCCC1O)NCCNC(=O)OC(C)(C)C.I. The van der Waals surface area contributed by atoms with Crippen LogP contribution in [0.3, 0.4) is 0 Å². The lowest BCUT2D eigenvalue weighted by Crippen LogP contribution is -2.42. The smallest absolute Gasteiger partial charge is 0.407 e.